The molecule has 1 fully saturated rings. The van der Waals surface area contributed by atoms with E-state index in [2.05, 4.69) is 5.32 Å². The summed E-state index contributed by atoms with van der Waals surface area (Å²) in [6, 6.07) is 9.29. The predicted molar refractivity (Wildman–Crippen MR) is 118 cm³/mol. The third kappa shape index (κ3) is 7.06. The van der Waals surface area contributed by atoms with Gasteiger partial charge in [-0.15, -0.1) is 0 Å². The second-order valence-electron chi connectivity index (χ2n) is 7.80. The summed E-state index contributed by atoms with van der Waals surface area (Å²) in [7, 11) is -3.53. The highest BCUT2D eigenvalue weighted by Crippen LogP contribution is 2.21. The van der Waals surface area contributed by atoms with Gasteiger partial charge in [0.05, 0.1) is 4.90 Å². The molecular weight excluding hydrogens is 454 g/mol. The minimum Gasteiger partial charge on any atom is -0.456 e. The molecule has 2 aromatic rings. The van der Waals surface area contributed by atoms with Crippen molar-refractivity contribution >= 4 is 27.6 Å². The molecule has 3 rings (SSSR count). The Balaban J connectivity index is 1.45. The highest BCUT2D eigenvalue weighted by molar-refractivity contribution is 7.89. The van der Waals surface area contributed by atoms with Crippen molar-refractivity contribution in [2.75, 3.05) is 25.0 Å². The largest absolute Gasteiger partial charge is 0.456 e. The maximum atomic E-state index is 13.2. The number of rotatable bonds is 8. The van der Waals surface area contributed by atoms with Crippen LogP contribution < -0.4 is 5.32 Å². The van der Waals surface area contributed by atoms with Gasteiger partial charge in [-0.2, -0.15) is 4.31 Å². The molecule has 0 bridgehead atoms. The molecule has 0 unspecified atom stereocenters. The smallest absolute Gasteiger partial charge is 0.306 e. The summed E-state index contributed by atoms with van der Waals surface area (Å²) in [5.74, 6) is -3.43. The van der Waals surface area contributed by atoms with E-state index in [1.54, 1.807) is 12.1 Å². The zero-order valence-corrected chi connectivity index (χ0v) is 18.9. The molecule has 1 heterocycles. The molecular formula is C23H26F2N2O5S. The Morgan fingerprint density at radius 2 is 1.61 bits per heavy atom. The fourth-order valence-corrected chi connectivity index (χ4v) is 5.01. The molecule has 0 spiro atoms. The number of nitrogens with one attached hydrogen (secondary N) is 1. The van der Waals surface area contributed by atoms with Crippen LogP contribution in [-0.2, 0) is 30.8 Å². The number of ether oxygens (including phenoxy) is 1. The molecule has 10 heteroatoms. The number of halogens is 2. The Morgan fingerprint density at radius 3 is 2.24 bits per heavy atom. The number of hydrogen-bond donors (Lipinski definition) is 1. The summed E-state index contributed by atoms with van der Waals surface area (Å²) in [4.78, 5) is 24.0. The van der Waals surface area contributed by atoms with E-state index in [1.165, 1.54) is 22.5 Å². The van der Waals surface area contributed by atoms with Crippen LogP contribution in [0.3, 0.4) is 0 Å². The predicted octanol–water partition coefficient (Wildman–Crippen LogP) is 3.64. The number of carbonyl (C=O) groups is 2. The van der Waals surface area contributed by atoms with E-state index in [-0.39, 0.29) is 17.0 Å². The third-order valence-electron chi connectivity index (χ3n) is 5.31. The number of esters is 1. The topological polar surface area (TPSA) is 92.8 Å². The normalized spacial score (nSPS) is 15.0. The van der Waals surface area contributed by atoms with E-state index in [4.69, 9.17) is 4.74 Å². The van der Waals surface area contributed by atoms with Crippen molar-refractivity contribution in [1.29, 1.82) is 0 Å². The number of amides is 1. The number of nitrogens with zero attached hydrogens (tertiary/aromatic N) is 1. The van der Waals surface area contributed by atoms with Gasteiger partial charge in [-0.05, 0) is 49.1 Å². The molecule has 0 aliphatic carbocycles. The monoisotopic (exact) mass is 480 g/mol. The van der Waals surface area contributed by atoms with Gasteiger partial charge in [0.15, 0.2) is 18.2 Å². The summed E-state index contributed by atoms with van der Waals surface area (Å²) in [6.07, 6.45) is 4.10. The first kappa shape index (κ1) is 24.8. The van der Waals surface area contributed by atoms with Gasteiger partial charge in [0, 0.05) is 31.3 Å². The van der Waals surface area contributed by atoms with Crippen molar-refractivity contribution in [2.24, 2.45) is 0 Å². The van der Waals surface area contributed by atoms with E-state index in [1.807, 2.05) is 0 Å². The first-order valence-corrected chi connectivity index (χ1v) is 12.2. The van der Waals surface area contributed by atoms with Gasteiger partial charge in [0.25, 0.3) is 5.91 Å². The molecule has 0 radical (unpaired) electrons. The minimum absolute atomic E-state index is 0.00330. The average molecular weight is 481 g/mol. The van der Waals surface area contributed by atoms with Crippen molar-refractivity contribution in [3.8, 4) is 0 Å². The van der Waals surface area contributed by atoms with Gasteiger partial charge >= 0.3 is 5.97 Å². The van der Waals surface area contributed by atoms with Gasteiger partial charge in [0.1, 0.15) is 0 Å². The van der Waals surface area contributed by atoms with Crippen LogP contribution in [0.5, 0.6) is 0 Å². The Morgan fingerprint density at radius 1 is 0.939 bits per heavy atom. The van der Waals surface area contributed by atoms with Gasteiger partial charge in [-0.25, -0.2) is 17.2 Å². The quantitative estimate of drug-likeness (QED) is 0.583. The zero-order valence-electron chi connectivity index (χ0n) is 18.1. The Hall–Kier alpha value is -2.85. The summed E-state index contributed by atoms with van der Waals surface area (Å²) >= 11 is 0. The van der Waals surface area contributed by atoms with Crippen molar-refractivity contribution < 1.29 is 31.5 Å². The van der Waals surface area contributed by atoms with E-state index in [9.17, 15) is 26.8 Å². The molecule has 1 N–H and O–H groups in total. The highest BCUT2D eigenvalue weighted by atomic mass is 32.2. The van der Waals surface area contributed by atoms with Crippen LogP contribution in [0.1, 0.15) is 37.7 Å². The Bertz CT molecular complexity index is 1080. The molecule has 2 aromatic carbocycles. The SMILES string of the molecule is O=C(COC(=O)CCc1ccc(S(=O)(=O)N2CCCCCC2)cc1)Nc1ccc(F)c(F)c1. The van der Waals surface area contributed by atoms with Gasteiger partial charge in [0.2, 0.25) is 10.0 Å². The second kappa shape index (κ2) is 11.3. The maximum absolute atomic E-state index is 13.2. The fourth-order valence-electron chi connectivity index (χ4n) is 3.49. The van der Waals surface area contributed by atoms with Crippen LogP contribution in [0.2, 0.25) is 0 Å². The van der Waals surface area contributed by atoms with Crippen molar-refractivity contribution in [3.63, 3.8) is 0 Å². The second-order valence-corrected chi connectivity index (χ2v) is 9.74. The van der Waals surface area contributed by atoms with Crippen molar-refractivity contribution in [1.82, 2.24) is 4.31 Å². The van der Waals surface area contributed by atoms with E-state index in [0.29, 0.717) is 19.5 Å². The van der Waals surface area contributed by atoms with Crippen LogP contribution >= 0.6 is 0 Å². The molecule has 7 nitrogen and oxygen atoms in total. The zero-order chi connectivity index (χ0) is 23.8. The lowest BCUT2D eigenvalue weighted by Crippen LogP contribution is -2.31. The first-order valence-electron chi connectivity index (χ1n) is 10.8. The maximum Gasteiger partial charge on any atom is 0.306 e. The molecule has 1 aliphatic heterocycles. The molecule has 33 heavy (non-hydrogen) atoms. The van der Waals surface area contributed by atoms with Crippen LogP contribution in [0.4, 0.5) is 14.5 Å². The summed E-state index contributed by atoms with van der Waals surface area (Å²) in [5, 5.41) is 2.31. The highest BCUT2D eigenvalue weighted by Gasteiger charge is 2.24. The van der Waals surface area contributed by atoms with Crippen LogP contribution in [0.15, 0.2) is 47.4 Å². The lowest BCUT2D eigenvalue weighted by molar-refractivity contribution is -0.147. The van der Waals surface area contributed by atoms with Crippen LogP contribution in [0.25, 0.3) is 0 Å². The minimum atomic E-state index is -3.53. The standard InChI is InChI=1S/C23H26F2N2O5S/c24-20-11-8-18(15-21(20)25)26-22(28)16-32-23(29)12-7-17-5-9-19(10-6-17)33(30,31)27-13-3-1-2-4-14-27/h5-6,8-11,15H,1-4,7,12-14,16H2,(H,26,28). The number of hydrogen-bond acceptors (Lipinski definition) is 5. The number of sulfonamides is 1. The van der Waals surface area contributed by atoms with Crippen LogP contribution in [0, 0.1) is 11.6 Å². The summed E-state index contributed by atoms with van der Waals surface area (Å²) < 4.78 is 58.1. The van der Waals surface area contributed by atoms with Gasteiger partial charge < -0.3 is 10.1 Å². The van der Waals surface area contributed by atoms with Gasteiger partial charge in [-0.1, -0.05) is 25.0 Å². The summed E-state index contributed by atoms with van der Waals surface area (Å²) in [5.41, 5.74) is 0.804. The third-order valence-corrected chi connectivity index (χ3v) is 7.22. The number of benzene rings is 2. The number of aryl methyl sites for hydroxylation is 1. The molecule has 178 valence electrons. The van der Waals surface area contributed by atoms with Crippen molar-refractivity contribution in [3.05, 3.63) is 59.7 Å². The lowest BCUT2D eigenvalue weighted by Gasteiger charge is -2.20. The van der Waals surface area contributed by atoms with Gasteiger partial charge in [-0.3, -0.25) is 9.59 Å². The molecule has 0 aromatic heterocycles. The molecule has 1 saturated heterocycles. The molecule has 1 amide bonds. The Labute approximate surface area is 191 Å². The lowest BCUT2D eigenvalue weighted by atomic mass is 10.1. The van der Waals surface area contributed by atoms with Crippen molar-refractivity contribution in [2.45, 2.75) is 43.4 Å². The average Bonchev–Trinajstić information content (AvgIpc) is 3.09. The summed E-state index contributed by atoms with van der Waals surface area (Å²) in [6.45, 7) is 0.490. The van der Waals surface area contributed by atoms with E-state index in [0.717, 1.165) is 43.4 Å². The number of carbonyl (C=O) groups excluding carboxylic acids is 2. The molecule has 0 saturated carbocycles. The molecule has 1 aliphatic rings. The first-order chi connectivity index (χ1) is 15.8. The van der Waals surface area contributed by atoms with E-state index >= 15 is 0 Å². The number of anilines is 1. The van der Waals surface area contributed by atoms with Crippen LogP contribution in [-0.4, -0.2) is 44.3 Å². The molecule has 0 atom stereocenters. The van der Waals surface area contributed by atoms with E-state index < -0.39 is 40.1 Å². The Kier molecular flexibility index (Phi) is 8.51. The fraction of sp³-hybridized carbons (Fsp3) is 0.391.